The first-order chi connectivity index (χ1) is 11.5. The third kappa shape index (κ3) is 4.84. The molecular formula is C17H23ClN2O4. The molecule has 1 aromatic rings. The van der Waals surface area contributed by atoms with E-state index in [2.05, 4.69) is 5.32 Å². The molecule has 24 heavy (non-hydrogen) atoms. The van der Waals surface area contributed by atoms with Crippen molar-refractivity contribution in [3.05, 3.63) is 32.8 Å². The molecule has 2 rings (SSSR count). The number of ether oxygens (including phenoxy) is 1. The zero-order valence-electron chi connectivity index (χ0n) is 13.8. The molecule has 132 valence electrons. The average molecular weight is 355 g/mol. The van der Waals surface area contributed by atoms with Gasteiger partial charge in [-0.05, 0) is 25.3 Å². The van der Waals surface area contributed by atoms with Crippen LogP contribution in [0.25, 0.3) is 0 Å². The molecule has 0 saturated heterocycles. The maximum Gasteiger partial charge on any atom is 0.338 e. The highest BCUT2D eigenvalue weighted by atomic mass is 35.5. The number of anilines is 1. The largest absolute Gasteiger partial charge is 0.462 e. The molecule has 1 aliphatic carbocycles. The Morgan fingerprint density at radius 3 is 2.71 bits per heavy atom. The summed E-state index contributed by atoms with van der Waals surface area (Å²) in [6, 6.07) is 2.86. The van der Waals surface area contributed by atoms with Crippen LogP contribution in [-0.4, -0.2) is 23.5 Å². The van der Waals surface area contributed by atoms with Gasteiger partial charge in [0.2, 0.25) is 0 Å². The van der Waals surface area contributed by atoms with Gasteiger partial charge in [-0.2, -0.15) is 0 Å². The zero-order chi connectivity index (χ0) is 17.5. The second-order valence-electron chi connectivity index (χ2n) is 6.08. The van der Waals surface area contributed by atoms with Crippen LogP contribution in [-0.2, 0) is 4.74 Å². The maximum absolute atomic E-state index is 12.0. The summed E-state index contributed by atoms with van der Waals surface area (Å²) in [5.74, 6) is -0.585. The van der Waals surface area contributed by atoms with Crippen LogP contribution in [0, 0.1) is 10.1 Å². The Kier molecular flexibility index (Phi) is 6.85. The van der Waals surface area contributed by atoms with E-state index in [4.69, 9.17) is 16.3 Å². The molecule has 1 aromatic carbocycles. The number of nitro benzene ring substituents is 1. The first-order valence-electron chi connectivity index (χ1n) is 8.44. The van der Waals surface area contributed by atoms with Crippen molar-refractivity contribution in [2.24, 2.45) is 0 Å². The molecule has 0 bridgehead atoms. The first-order valence-corrected chi connectivity index (χ1v) is 8.82. The Balaban J connectivity index is 2.21. The number of unbranched alkanes of at least 4 members (excludes halogenated alkanes) is 1. The summed E-state index contributed by atoms with van der Waals surface area (Å²) in [5, 5.41) is 14.8. The van der Waals surface area contributed by atoms with Gasteiger partial charge in [-0.25, -0.2) is 4.79 Å². The zero-order valence-corrected chi connectivity index (χ0v) is 14.6. The summed E-state index contributed by atoms with van der Waals surface area (Å²) >= 11 is 6.23. The average Bonchev–Trinajstić information content (AvgIpc) is 2.57. The smallest absolute Gasteiger partial charge is 0.338 e. The number of rotatable bonds is 7. The van der Waals surface area contributed by atoms with Crippen LogP contribution in [0.15, 0.2) is 12.1 Å². The van der Waals surface area contributed by atoms with E-state index in [-0.39, 0.29) is 22.3 Å². The van der Waals surface area contributed by atoms with Gasteiger partial charge >= 0.3 is 5.97 Å². The van der Waals surface area contributed by atoms with Crippen molar-refractivity contribution in [2.75, 3.05) is 11.9 Å². The van der Waals surface area contributed by atoms with Crippen LogP contribution in [0.4, 0.5) is 11.4 Å². The number of nitrogens with one attached hydrogen (secondary N) is 1. The van der Waals surface area contributed by atoms with Gasteiger partial charge in [-0.3, -0.25) is 10.1 Å². The molecule has 0 unspecified atom stereocenters. The van der Waals surface area contributed by atoms with Gasteiger partial charge in [0.25, 0.3) is 5.69 Å². The number of carbonyl (C=O) groups is 1. The minimum atomic E-state index is -0.585. The molecule has 1 N–H and O–H groups in total. The molecule has 0 spiro atoms. The highest BCUT2D eigenvalue weighted by molar-refractivity contribution is 6.34. The van der Waals surface area contributed by atoms with Crippen molar-refractivity contribution < 1.29 is 14.5 Å². The van der Waals surface area contributed by atoms with Gasteiger partial charge in [0.15, 0.2) is 0 Å². The Labute approximate surface area is 146 Å². The Bertz CT molecular complexity index is 600. The van der Waals surface area contributed by atoms with Crippen molar-refractivity contribution in [1.82, 2.24) is 0 Å². The summed E-state index contributed by atoms with van der Waals surface area (Å²) in [6.07, 6.45) is 6.98. The third-order valence-corrected chi connectivity index (χ3v) is 4.48. The third-order valence-electron chi connectivity index (χ3n) is 4.19. The number of esters is 1. The van der Waals surface area contributed by atoms with Crippen molar-refractivity contribution in [1.29, 1.82) is 0 Å². The lowest BCUT2D eigenvalue weighted by molar-refractivity contribution is -0.384. The van der Waals surface area contributed by atoms with Crippen LogP contribution < -0.4 is 5.32 Å². The molecule has 6 nitrogen and oxygen atoms in total. The lowest BCUT2D eigenvalue weighted by atomic mass is 9.95. The predicted molar refractivity (Wildman–Crippen MR) is 93.8 cm³/mol. The van der Waals surface area contributed by atoms with Crippen LogP contribution in [0.2, 0.25) is 5.02 Å². The molecule has 0 amide bonds. The minimum Gasteiger partial charge on any atom is -0.462 e. The standard InChI is InChI=1S/C17H23ClN2O4/c1-2-3-9-24-17(21)12-10-14(18)16(15(11-12)20(22)23)19-13-7-5-4-6-8-13/h10-11,13,19H,2-9H2,1H3. The van der Waals surface area contributed by atoms with E-state index < -0.39 is 10.9 Å². The van der Waals surface area contributed by atoms with Crippen molar-refractivity contribution in [2.45, 2.75) is 57.9 Å². The molecule has 1 aliphatic rings. The molecule has 0 radical (unpaired) electrons. The van der Waals surface area contributed by atoms with Crippen LogP contribution in [0.5, 0.6) is 0 Å². The van der Waals surface area contributed by atoms with Gasteiger partial charge in [-0.15, -0.1) is 0 Å². The van der Waals surface area contributed by atoms with Crippen LogP contribution in [0.3, 0.4) is 0 Å². The van der Waals surface area contributed by atoms with Crippen molar-refractivity contribution in [3.63, 3.8) is 0 Å². The number of benzene rings is 1. The van der Waals surface area contributed by atoms with E-state index in [1.165, 1.54) is 18.6 Å². The number of hydrogen-bond acceptors (Lipinski definition) is 5. The summed E-state index contributed by atoms with van der Waals surface area (Å²) in [6.45, 7) is 2.28. The molecular weight excluding hydrogens is 332 g/mol. The van der Waals surface area contributed by atoms with Gasteiger partial charge in [0, 0.05) is 12.1 Å². The fourth-order valence-corrected chi connectivity index (χ4v) is 3.11. The van der Waals surface area contributed by atoms with Crippen LogP contribution >= 0.6 is 11.6 Å². The summed E-state index contributed by atoms with van der Waals surface area (Å²) in [5.41, 5.74) is 0.214. The minimum absolute atomic E-state index is 0.108. The summed E-state index contributed by atoms with van der Waals surface area (Å²) in [4.78, 5) is 22.9. The van der Waals surface area contributed by atoms with Gasteiger partial charge in [0.1, 0.15) is 5.69 Å². The monoisotopic (exact) mass is 354 g/mol. The highest BCUT2D eigenvalue weighted by Crippen LogP contribution is 2.36. The lowest BCUT2D eigenvalue weighted by Crippen LogP contribution is -2.23. The van der Waals surface area contributed by atoms with E-state index in [0.717, 1.165) is 38.5 Å². The van der Waals surface area contributed by atoms with Crippen LogP contribution in [0.1, 0.15) is 62.2 Å². The SMILES string of the molecule is CCCCOC(=O)c1cc(Cl)c(NC2CCCCC2)c([N+](=O)[O-])c1. The fraction of sp³-hybridized carbons (Fsp3) is 0.588. The Morgan fingerprint density at radius 1 is 1.38 bits per heavy atom. The lowest BCUT2D eigenvalue weighted by Gasteiger charge is -2.24. The van der Waals surface area contributed by atoms with E-state index in [0.29, 0.717) is 12.3 Å². The number of halogens is 1. The van der Waals surface area contributed by atoms with E-state index in [9.17, 15) is 14.9 Å². The number of nitrogens with zero attached hydrogens (tertiary/aromatic N) is 1. The topological polar surface area (TPSA) is 81.5 Å². The number of carbonyl (C=O) groups excluding carboxylic acids is 1. The molecule has 1 saturated carbocycles. The van der Waals surface area contributed by atoms with Gasteiger partial charge in [-0.1, -0.05) is 44.2 Å². The second kappa shape index (κ2) is 8.87. The fourth-order valence-electron chi connectivity index (χ4n) is 2.84. The molecule has 0 aromatic heterocycles. The van der Waals surface area contributed by atoms with Gasteiger partial charge < -0.3 is 10.1 Å². The van der Waals surface area contributed by atoms with Crippen molar-refractivity contribution >= 4 is 28.9 Å². The molecule has 0 atom stereocenters. The summed E-state index contributed by atoms with van der Waals surface area (Å²) < 4.78 is 5.11. The Hall–Kier alpha value is -1.82. The Morgan fingerprint density at radius 2 is 2.08 bits per heavy atom. The number of hydrogen-bond donors (Lipinski definition) is 1. The quantitative estimate of drug-likeness (QED) is 0.324. The van der Waals surface area contributed by atoms with E-state index >= 15 is 0 Å². The first kappa shape index (κ1) is 18.5. The highest BCUT2D eigenvalue weighted by Gasteiger charge is 2.24. The molecule has 1 fully saturated rings. The number of nitro groups is 1. The summed E-state index contributed by atoms with van der Waals surface area (Å²) in [7, 11) is 0. The normalized spacial score (nSPS) is 15.1. The molecule has 0 aliphatic heterocycles. The predicted octanol–water partition coefficient (Wildman–Crippen LogP) is 4.95. The molecule has 0 heterocycles. The molecule has 7 heteroatoms. The van der Waals surface area contributed by atoms with E-state index in [1.54, 1.807) is 0 Å². The van der Waals surface area contributed by atoms with E-state index in [1.807, 2.05) is 6.92 Å². The second-order valence-corrected chi connectivity index (χ2v) is 6.49. The van der Waals surface area contributed by atoms with Gasteiger partial charge in [0.05, 0.1) is 22.1 Å². The van der Waals surface area contributed by atoms with Crippen molar-refractivity contribution in [3.8, 4) is 0 Å². The maximum atomic E-state index is 12.0.